The molecule has 0 radical (unpaired) electrons. The van der Waals surface area contributed by atoms with Crippen LogP contribution in [0.4, 0.5) is 11.6 Å². The molecular weight excluding hydrogens is 256 g/mol. The van der Waals surface area contributed by atoms with Gasteiger partial charge in [-0.15, -0.1) is 0 Å². The normalized spacial score (nSPS) is 23.7. The highest BCUT2D eigenvalue weighted by Gasteiger charge is 2.28. The van der Waals surface area contributed by atoms with Gasteiger partial charge in [0.15, 0.2) is 0 Å². The Morgan fingerprint density at radius 1 is 1.37 bits per heavy atom. The van der Waals surface area contributed by atoms with E-state index in [2.05, 4.69) is 30.7 Å². The smallest absolute Gasteiger partial charge is 0.137 e. The van der Waals surface area contributed by atoms with Crippen molar-refractivity contribution in [3.8, 4) is 0 Å². The fourth-order valence-electron chi connectivity index (χ4n) is 2.42. The number of aromatic nitrogens is 2. The highest BCUT2D eigenvalue weighted by Crippen LogP contribution is 2.31. The van der Waals surface area contributed by atoms with Crippen LogP contribution >= 0.6 is 11.8 Å². The molecule has 1 aromatic heterocycles. The molecule has 2 N–H and O–H groups in total. The van der Waals surface area contributed by atoms with E-state index in [1.807, 2.05) is 18.7 Å². The lowest BCUT2D eigenvalue weighted by Gasteiger charge is -2.39. The van der Waals surface area contributed by atoms with Crippen molar-refractivity contribution in [3.63, 3.8) is 0 Å². The van der Waals surface area contributed by atoms with Crippen molar-refractivity contribution in [2.45, 2.75) is 51.8 Å². The van der Waals surface area contributed by atoms with Gasteiger partial charge in [-0.2, -0.15) is 11.8 Å². The van der Waals surface area contributed by atoms with Crippen LogP contribution < -0.4 is 10.6 Å². The number of anilines is 2. The number of nitrogens with two attached hydrogens (primary N) is 1. The number of thioether (sulfide) groups is 1. The van der Waals surface area contributed by atoms with Gasteiger partial charge in [-0.25, -0.2) is 9.97 Å². The van der Waals surface area contributed by atoms with E-state index in [1.54, 1.807) is 0 Å². The molecule has 106 valence electrons. The zero-order chi connectivity index (χ0) is 14.0. The van der Waals surface area contributed by atoms with Gasteiger partial charge in [0.1, 0.15) is 17.5 Å². The van der Waals surface area contributed by atoms with E-state index in [-0.39, 0.29) is 0 Å². The number of aryl methyl sites for hydroxylation is 1. The second-order valence-corrected chi connectivity index (χ2v) is 6.72. The first-order chi connectivity index (χ1) is 9.04. The second kappa shape index (κ2) is 5.99. The summed E-state index contributed by atoms with van der Waals surface area (Å²) in [5.41, 5.74) is 7.07. The number of hydrogen-bond donors (Lipinski definition) is 1. The summed E-state index contributed by atoms with van der Waals surface area (Å²) >= 11 is 2.03. The summed E-state index contributed by atoms with van der Waals surface area (Å²) in [4.78, 5) is 11.6. The van der Waals surface area contributed by atoms with Gasteiger partial charge in [0, 0.05) is 35.6 Å². The van der Waals surface area contributed by atoms with Crippen LogP contribution in [0.15, 0.2) is 0 Å². The largest absolute Gasteiger partial charge is 0.383 e. The molecule has 1 fully saturated rings. The Hall–Kier alpha value is -0.970. The topological polar surface area (TPSA) is 55.0 Å². The van der Waals surface area contributed by atoms with E-state index in [1.165, 1.54) is 0 Å². The molecule has 2 unspecified atom stereocenters. The molecular formula is C14H24N4S. The van der Waals surface area contributed by atoms with Gasteiger partial charge < -0.3 is 10.6 Å². The first kappa shape index (κ1) is 14.4. The van der Waals surface area contributed by atoms with E-state index in [9.17, 15) is 0 Å². The van der Waals surface area contributed by atoms with Crippen LogP contribution in [0.25, 0.3) is 0 Å². The van der Waals surface area contributed by atoms with Crippen molar-refractivity contribution in [2.24, 2.45) is 0 Å². The van der Waals surface area contributed by atoms with E-state index in [0.717, 1.165) is 42.3 Å². The summed E-state index contributed by atoms with van der Waals surface area (Å²) in [6, 6.07) is 0.487. The Bertz CT molecular complexity index is 449. The van der Waals surface area contributed by atoms with Gasteiger partial charge in [0.2, 0.25) is 0 Å². The quantitative estimate of drug-likeness (QED) is 0.922. The highest BCUT2D eigenvalue weighted by molar-refractivity contribution is 8.00. The lowest BCUT2D eigenvalue weighted by molar-refractivity contribution is 0.615. The van der Waals surface area contributed by atoms with Gasteiger partial charge in [0.05, 0.1) is 0 Å². The van der Waals surface area contributed by atoms with Crippen LogP contribution in [0.3, 0.4) is 0 Å². The fourth-order valence-corrected chi connectivity index (χ4v) is 3.51. The maximum Gasteiger partial charge on any atom is 0.137 e. The van der Waals surface area contributed by atoms with Gasteiger partial charge in [-0.1, -0.05) is 13.8 Å². The number of hydrogen-bond acceptors (Lipinski definition) is 5. The molecule has 19 heavy (non-hydrogen) atoms. The van der Waals surface area contributed by atoms with Crippen molar-refractivity contribution in [1.29, 1.82) is 0 Å². The molecule has 0 amide bonds. The Morgan fingerprint density at radius 2 is 2.11 bits per heavy atom. The molecule has 2 heterocycles. The van der Waals surface area contributed by atoms with Crippen LogP contribution in [-0.4, -0.2) is 33.6 Å². The summed E-state index contributed by atoms with van der Waals surface area (Å²) < 4.78 is 0. The first-order valence-electron chi connectivity index (χ1n) is 7.05. The van der Waals surface area contributed by atoms with Crippen LogP contribution in [0.1, 0.15) is 38.6 Å². The minimum atomic E-state index is 0.487. The van der Waals surface area contributed by atoms with Gasteiger partial charge >= 0.3 is 0 Å². The fraction of sp³-hybridized carbons (Fsp3) is 0.714. The molecule has 0 bridgehead atoms. The van der Waals surface area contributed by atoms with Crippen LogP contribution in [0.2, 0.25) is 0 Å². The first-order valence-corrected chi connectivity index (χ1v) is 8.10. The zero-order valence-corrected chi connectivity index (χ0v) is 13.1. The highest BCUT2D eigenvalue weighted by atomic mass is 32.2. The molecule has 1 aromatic rings. The summed E-state index contributed by atoms with van der Waals surface area (Å²) in [5, 5.41) is 0.624. The Balaban J connectivity index is 2.37. The molecule has 5 heteroatoms. The predicted octanol–water partition coefficient (Wildman–Crippen LogP) is 2.65. The number of rotatable bonds is 3. The van der Waals surface area contributed by atoms with Crippen LogP contribution in [0.5, 0.6) is 0 Å². The molecule has 0 spiro atoms. The van der Waals surface area contributed by atoms with Gasteiger partial charge in [0.25, 0.3) is 0 Å². The van der Waals surface area contributed by atoms with Crippen molar-refractivity contribution in [3.05, 3.63) is 11.4 Å². The van der Waals surface area contributed by atoms with Crippen molar-refractivity contribution in [1.82, 2.24) is 9.97 Å². The molecule has 1 aliphatic rings. The summed E-state index contributed by atoms with van der Waals surface area (Å²) in [6.07, 6.45) is 1.94. The molecule has 2 rings (SSSR count). The third kappa shape index (κ3) is 2.96. The minimum absolute atomic E-state index is 0.487. The Kier molecular flexibility index (Phi) is 4.55. The van der Waals surface area contributed by atoms with Gasteiger partial charge in [-0.05, 0) is 20.3 Å². The monoisotopic (exact) mass is 280 g/mol. The third-order valence-corrected chi connectivity index (χ3v) is 5.17. The van der Waals surface area contributed by atoms with E-state index in [0.29, 0.717) is 17.1 Å². The molecule has 4 nitrogen and oxygen atoms in total. The molecule has 0 aromatic carbocycles. The number of nitrogen functional groups attached to an aromatic ring is 1. The Morgan fingerprint density at radius 3 is 2.79 bits per heavy atom. The van der Waals surface area contributed by atoms with E-state index < -0.39 is 0 Å². The Labute approximate surface area is 120 Å². The van der Waals surface area contributed by atoms with Crippen LogP contribution in [-0.2, 0) is 6.42 Å². The molecule has 1 aliphatic heterocycles. The van der Waals surface area contributed by atoms with Crippen LogP contribution in [0, 0.1) is 6.92 Å². The molecule has 2 atom stereocenters. The van der Waals surface area contributed by atoms with Gasteiger partial charge in [-0.3, -0.25) is 0 Å². The van der Waals surface area contributed by atoms with E-state index >= 15 is 0 Å². The summed E-state index contributed by atoms with van der Waals surface area (Å²) in [7, 11) is 0. The lowest BCUT2D eigenvalue weighted by atomic mass is 10.1. The second-order valence-electron chi connectivity index (χ2n) is 5.23. The third-order valence-electron chi connectivity index (χ3n) is 3.83. The SMILES string of the molecule is CCCc1nc(N)c(C)c(N2CCSC(C)C2C)n1. The molecule has 0 saturated carbocycles. The number of nitrogens with zero attached hydrogens (tertiary/aromatic N) is 3. The maximum absolute atomic E-state index is 6.06. The average Bonchev–Trinajstić information content (AvgIpc) is 2.37. The summed E-state index contributed by atoms with van der Waals surface area (Å²) in [5.74, 6) is 3.69. The molecule has 1 saturated heterocycles. The standard InChI is InChI=1S/C14H24N4S/c1-5-6-12-16-13(15)9(2)14(17-12)18-7-8-19-11(4)10(18)3/h10-11H,5-8H2,1-4H3,(H2,15,16,17). The van der Waals surface area contributed by atoms with E-state index in [4.69, 9.17) is 10.7 Å². The van der Waals surface area contributed by atoms with Crippen molar-refractivity contribution in [2.75, 3.05) is 22.9 Å². The molecule has 0 aliphatic carbocycles. The summed E-state index contributed by atoms with van der Waals surface area (Å²) in [6.45, 7) is 9.77. The maximum atomic E-state index is 6.06. The van der Waals surface area contributed by atoms with Crippen molar-refractivity contribution >= 4 is 23.4 Å². The predicted molar refractivity (Wildman–Crippen MR) is 83.9 cm³/mol. The zero-order valence-electron chi connectivity index (χ0n) is 12.3. The average molecular weight is 280 g/mol. The minimum Gasteiger partial charge on any atom is -0.383 e. The van der Waals surface area contributed by atoms with Crippen molar-refractivity contribution < 1.29 is 0 Å². The lowest BCUT2D eigenvalue weighted by Crippen LogP contribution is -2.45.